The lowest BCUT2D eigenvalue weighted by atomic mass is 10.0. The largest absolute Gasteiger partial charge is 0.245 e. The molecule has 0 saturated carbocycles. The number of hydrogen-bond acceptors (Lipinski definition) is 3. The Hall–Kier alpha value is 0.660. The van der Waals surface area contributed by atoms with E-state index in [-0.39, 0.29) is 0 Å². The average molecular weight is 219 g/mol. The molecule has 2 unspecified atom stereocenters. The van der Waals surface area contributed by atoms with Gasteiger partial charge in [-0.15, -0.1) is 0 Å². The molecular weight excluding hydrogens is 198 g/mol. The summed E-state index contributed by atoms with van der Waals surface area (Å²) in [7, 11) is 0. The van der Waals surface area contributed by atoms with Gasteiger partial charge in [0.15, 0.2) is 0 Å². The Morgan fingerprint density at radius 3 is 2.31 bits per heavy atom. The minimum Gasteiger partial charge on any atom is -0.245 e. The first-order chi connectivity index (χ1) is 6.25. The summed E-state index contributed by atoms with van der Waals surface area (Å²) in [5.41, 5.74) is 0. The zero-order valence-electron chi connectivity index (χ0n) is 8.95. The lowest BCUT2D eigenvalue weighted by Crippen LogP contribution is -2.38. The molecule has 0 spiro atoms. The summed E-state index contributed by atoms with van der Waals surface area (Å²) < 4.78 is 2.61. The molecule has 3 heteroatoms. The third kappa shape index (κ3) is 3.72. The van der Waals surface area contributed by atoms with Crippen LogP contribution in [0.3, 0.4) is 0 Å². The van der Waals surface area contributed by atoms with Crippen LogP contribution in [0.2, 0.25) is 0 Å². The Morgan fingerprint density at radius 2 is 1.77 bits per heavy atom. The Labute approximate surface area is 91.2 Å². The van der Waals surface area contributed by atoms with Crippen molar-refractivity contribution in [2.45, 2.75) is 45.2 Å². The van der Waals surface area contributed by atoms with E-state index in [4.69, 9.17) is 0 Å². The molecule has 2 atom stereocenters. The Kier molecular flexibility index (Phi) is 5.60. The minimum absolute atomic E-state index is 0.788. The summed E-state index contributed by atoms with van der Waals surface area (Å²) in [5, 5.41) is 0. The van der Waals surface area contributed by atoms with Crippen molar-refractivity contribution < 1.29 is 0 Å². The van der Waals surface area contributed by atoms with E-state index in [1.165, 1.54) is 30.8 Å². The van der Waals surface area contributed by atoms with Crippen molar-refractivity contribution in [2.24, 2.45) is 0 Å². The van der Waals surface area contributed by atoms with Crippen LogP contribution in [0.4, 0.5) is 0 Å². The monoisotopic (exact) mass is 219 g/mol. The van der Waals surface area contributed by atoms with Crippen LogP contribution in [-0.4, -0.2) is 34.2 Å². The van der Waals surface area contributed by atoms with Gasteiger partial charge in [-0.2, -0.15) is 11.8 Å². The van der Waals surface area contributed by atoms with Gasteiger partial charge in [-0.3, -0.25) is 0 Å². The van der Waals surface area contributed by atoms with Crippen molar-refractivity contribution in [3.8, 4) is 0 Å². The fraction of sp³-hybridized carbons (Fsp3) is 1.00. The maximum atomic E-state index is 2.61. The molecule has 0 amide bonds. The maximum absolute atomic E-state index is 2.61. The first-order valence-electron chi connectivity index (χ1n) is 5.16. The summed E-state index contributed by atoms with van der Waals surface area (Å²) in [6, 6.07) is 1.58. The predicted molar refractivity (Wildman–Crippen MR) is 65.5 cm³/mol. The smallest absolute Gasteiger partial charge is 0.0177 e. The lowest BCUT2D eigenvalue weighted by molar-refractivity contribution is 0.223. The first-order valence-corrected chi connectivity index (χ1v) is 7.49. The molecule has 0 aliphatic carbocycles. The van der Waals surface area contributed by atoms with E-state index in [0.29, 0.717) is 0 Å². The fourth-order valence-electron chi connectivity index (χ4n) is 1.88. The highest BCUT2D eigenvalue weighted by atomic mass is 32.2. The highest BCUT2D eigenvalue weighted by Gasteiger charge is 2.24. The molecule has 13 heavy (non-hydrogen) atoms. The Balaban J connectivity index is 2.26. The van der Waals surface area contributed by atoms with Gasteiger partial charge in [0.05, 0.1) is 0 Å². The van der Waals surface area contributed by atoms with Gasteiger partial charge in [0.2, 0.25) is 0 Å². The number of rotatable bonds is 4. The molecule has 1 saturated heterocycles. The van der Waals surface area contributed by atoms with Crippen LogP contribution >= 0.6 is 23.7 Å². The van der Waals surface area contributed by atoms with Gasteiger partial charge in [0, 0.05) is 23.6 Å². The highest BCUT2D eigenvalue weighted by Crippen LogP contribution is 2.29. The highest BCUT2D eigenvalue weighted by molar-refractivity contribution is 8.01. The van der Waals surface area contributed by atoms with Crippen LogP contribution in [-0.2, 0) is 0 Å². The molecule has 1 aliphatic heterocycles. The van der Waals surface area contributed by atoms with Gasteiger partial charge in [-0.05, 0) is 32.9 Å². The topological polar surface area (TPSA) is 3.24 Å². The second kappa shape index (κ2) is 6.20. The Morgan fingerprint density at radius 1 is 1.15 bits per heavy atom. The van der Waals surface area contributed by atoms with Crippen LogP contribution in [0.1, 0.15) is 33.1 Å². The summed E-state index contributed by atoms with van der Waals surface area (Å²) in [6.45, 7) is 4.73. The van der Waals surface area contributed by atoms with E-state index in [0.717, 1.165) is 12.1 Å². The van der Waals surface area contributed by atoms with Gasteiger partial charge < -0.3 is 0 Å². The van der Waals surface area contributed by atoms with Crippen molar-refractivity contribution in [1.29, 1.82) is 0 Å². The van der Waals surface area contributed by atoms with E-state index >= 15 is 0 Å². The maximum Gasteiger partial charge on any atom is 0.0177 e. The van der Waals surface area contributed by atoms with E-state index in [1.807, 2.05) is 11.8 Å². The molecule has 0 radical (unpaired) electrons. The van der Waals surface area contributed by atoms with Crippen LogP contribution in [0.15, 0.2) is 0 Å². The number of hydrogen-bond donors (Lipinski definition) is 0. The van der Waals surface area contributed by atoms with Crippen molar-refractivity contribution in [3.63, 3.8) is 0 Å². The van der Waals surface area contributed by atoms with Gasteiger partial charge in [-0.1, -0.05) is 18.4 Å². The molecular formula is C10H21NS2. The first kappa shape index (κ1) is 11.7. The van der Waals surface area contributed by atoms with E-state index in [2.05, 4.69) is 36.4 Å². The van der Waals surface area contributed by atoms with Crippen LogP contribution in [0.25, 0.3) is 0 Å². The molecule has 1 aliphatic rings. The molecule has 0 bridgehead atoms. The SMILES string of the molecule is CSCCSN1C(C)CCCC1C. The molecule has 0 aromatic carbocycles. The molecule has 1 fully saturated rings. The van der Waals surface area contributed by atoms with E-state index < -0.39 is 0 Å². The van der Waals surface area contributed by atoms with E-state index in [9.17, 15) is 0 Å². The molecule has 1 nitrogen and oxygen atoms in total. The van der Waals surface area contributed by atoms with Crippen LogP contribution in [0.5, 0.6) is 0 Å². The summed E-state index contributed by atoms with van der Waals surface area (Å²) in [5.74, 6) is 2.55. The second-order valence-electron chi connectivity index (χ2n) is 3.81. The molecule has 0 aromatic heterocycles. The molecule has 78 valence electrons. The Bertz CT molecular complexity index is 131. The molecule has 0 N–H and O–H groups in total. The van der Waals surface area contributed by atoms with Crippen molar-refractivity contribution in [3.05, 3.63) is 0 Å². The summed E-state index contributed by atoms with van der Waals surface area (Å²) >= 11 is 4.00. The van der Waals surface area contributed by atoms with Crippen molar-refractivity contribution in [2.75, 3.05) is 17.8 Å². The minimum atomic E-state index is 0.788. The fourth-order valence-corrected chi connectivity index (χ4v) is 3.77. The van der Waals surface area contributed by atoms with Gasteiger partial charge in [0.1, 0.15) is 0 Å². The normalized spacial score (nSPS) is 30.7. The van der Waals surface area contributed by atoms with Gasteiger partial charge in [0.25, 0.3) is 0 Å². The summed E-state index contributed by atoms with van der Waals surface area (Å²) in [6.07, 6.45) is 6.37. The average Bonchev–Trinajstić information content (AvgIpc) is 2.10. The number of piperidine rings is 1. The zero-order valence-corrected chi connectivity index (χ0v) is 10.6. The number of thioether (sulfide) groups is 1. The standard InChI is InChI=1S/C10H21NS2/c1-9-5-4-6-10(2)11(9)13-8-7-12-3/h9-10H,4-8H2,1-3H3. The number of nitrogens with zero attached hydrogens (tertiary/aromatic N) is 1. The van der Waals surface area contributed by atoms with Gasteiger partial charge >= 0.3 is 0 Å². The quantitative estimate of drug-likeness (QED) is 0.528. The van der Waals surface area contributed by atoms with Crippen LogP contribution < -0.4 is 0 Å². The zero-order chi connectivity index (χ0) is 9.68. The molecule has 1 rings (SSSR count). The van der Waals surface area contributed by atoms with E-state index in [1.54, 1.807) is 0 Å². The third-order valence-corrected chi connectivity index (χ3v) is 4.92. The van der Waals surface area contributed by atoms with Gasteiger partial charge in [-0.25, -0.2) is 4.31 Å². The molecule has 1 heterocycles. The second-order valence-corrected chi connectivity index (χ2v) is 5.89. The van der Waals surface area contributed by atoms with Crippen molar-refractivity contribution in [1.82, 2.24) is 4.31 Å². The van der Waals surface area contributed by atoms with Crippen molar-refractivity contribution >= 4 is 23.7 Å². The summed E-state index contributed by atoms with van der Waals surface area (Å²) in [4.78, 5) is 0. The third-order valence-electron chi connectivity index (χ3n) is 2.64. The lowest BCUT2D eigenvalue weighted by Gasteiger charge is -2.37. The molecule has 0 aromatic rings. The van der Waals surface area contributed by atoms with Crippen LogP contribution in [0, 0.1) is 0 Å². The predicted octanol–water partition coefficient (Wildman–Crippen LogP) is 3.26.